The average molecular weight is 244 g/mol. The van der Waals surface area contributed by atoms with Crippen molar-refractivity contribution in [1.29, 1.82) is 0 Å². The van der Waals surface area contributed by atoms with Crippen molar-refractivity contribution in [2.24, 2.45) is 0 Å². The van der Waals surface area contributed by atoms with Crippen LogP contribution in [0, 0.1) is 0 Å². The number of nitrogens with zero attached hydrogens (tertiary/aromatic N) is 1. The van der Waals surface area contributed by atoms with Gasteiger partial charge in [-0.15, -0.1) is 0 Å². The number of benzene rings is 1. The number of hydrogen-bond acceptors (Lipinski definition) is 2. The Morgan fingerprint density at radius 3 is 2.56 bits per heavy atom. The van der Waals surface area contributed by atoms with Crippen LogP contribution in [0.4, 0.5) is 0 Å². The van der Waals surface area contributed by atoms with Crippen molar-refractivity contribution < 1.29 is 4.79 Å². The zero-order valence-electron chi connectivity index (χ0n) is 10.7. The van der Waals surface area contributed by atoms with E-state index in [1.165, 1.54) is 5.56 Å². The summed E-state index contributed by atoms with van der Waals surface area (Å²) in [6, 6.07) is 10.2. The van der Waals surface area contributed by atoms with E-state index in [1.54, 1.807) is 0 Å². The molecule has 3 rings (SSSR count). The highest BCUT2D eigenvalue weighted by Crippen LogP contribution is 2.31. The number of aryl methyl sites for hydroxylation is 1. The number of amides is 1. The van der Waals surface area contributed by atoms with E-state index < -0.39 is 0 Å². The predicted octanol–water partition coefficient (Wildman–Crippen LogP) is 1.58. The Labute approximate surface area is 108 Å². The molecule has 1 amide bonds. The van der Waals surface area contributed by atoms with Crippen molar-refractivity contribution in [1.82, 2.24) is 10.2 Å². The van der Waals surface area contributed by atoms with E-state index in [1.807, 2.05) is 18.2 Å². The number of rotatable bonds is 4. The van der Waals surface area contributed by atoms with Crippen molar-refractivity contribution in [3.63, 3.8) is 0 Å². The number of carbonyl (C=O) groups excluding carboxylic acids is 1. The van der Waals surface area contributed by atoms with Gasteiger partial charge in [-0.2, -0.15) is 0 Å². The van der Waals surface area contributed by atoms with E-state index in [9.17, 15) is 4.79 Å². The van der Waals surface area contributed by atoms with Gasteiger partial charge in [-0.05, 0) is 24.8 Å². The van der Waals surface area contributed by atoms with E-state index >= 15 is 0 Å². The Kier molecular flexibility index (Phi) is 3.08. The van der Waals surface area contributed by atoms with E-state index in [4.69, 9.17) is 0 Å². The molecular formula is C15H20N2O. The minimum atomic E-state index is 0.105. The molecule has 0 unspecified atom stereocenters. The third kappa shape index (κ3) is 2.41. The van der Waals surface area contributed by atoms with Crippen molar-refractivity contribution in [3.8, 4) is 0 Å². The average Bonchev–Trinajstić information content (AvgIpc) is 2.97. The van der Waals surface area contributed by atoms with Crippen LogP contribution >= 0.6 is 0 Å². The lowest BCUT2D eigenvalue weighted by Crippen LogP contribution is -2.47. The largest absolute Gasteiger partial charge is 0.349 e. The van der Waals surface area contributed by atoms with Crippen LogP contribution in [0.25, 0.3) is 0 Å². The molecule has 3 nitrogen and oxygen atoms in total. The van der Waals surface area contributed by atoms with Crippen molar-refractivity contribution >= 4 is 5.91 Å². The van der Waals surface area contributed by atoms with Gasteiger partial charge < -0.3 is 10.2 Å². The Balaban J connectivity index is 1.50. The maximum Gasteiger partial charge on any atom is 0.220 e. The second-order valence-corrected chi connectivity index (χ2v) is 5.59. The molecule has 0 radical (unpaired) electrons. The van der Waals surface area contributed by atoms with Gasteiger partial charge in [0.15, 0.2) is 0 Å². The highest BCUT2D eigenvalue weighted by molar-refractivity contribution is 5.77. The summed E-state index contributed by atoms with van der Waals surface area (Å²) in [5, 5.41) is 3.27. The van der Waals surface area contributed by atoms with Gasteiger partial charge >= 0.3 is 0 Å². The van der Waals surface area contributed by atoms with Crippen LogP contribution < -0.4 is 5.32 Å². The Bertz CT molecular complexity index is 421. The molecule has 0 atom stereocenters. The van der Waals surface area contributed by atoms with Gasteiger partial charge in [0.25, 0.3) is 0 Å². The molecule has 2 heterocycles. The third-order valence-electron chi connectivity index (χ3n) is 4.23. The van der Waals surface area contributed by atoms with Crippen LogP contribution in [0.5, 0.6) is 0 Å². The van der Waals surface area contributed by atoms with Crippen LogP contribution in [0.1, 0.15) is 24.8 Å². The molecule has 0 saturated carbocycles. The monoisotopic (exact) mass is 244 g/mol. The number of carbonyl (C=O) groups is 1. The molecule has 1 N–H and O–H groups in total. The Morgan fingerprint density at radius 2 is 1.94 bits per heavy atom. The highest BCUT2D eigenvalue weighted by atomic mass is 16.1. The fourth-order valence-corrected chi connectivity index (χ4v) is 3.15. The maximum atomic E-state index is 12.0. The van der Waals surface area contributed by atoms with E-state index in [0.29, 0.717) is 6.42 Å². The van der Waals surface area contributed by atoms with Crippen LogP contribution in [-0.4, -0.2) is 36.0 Å². The van der Waals surface area contributed by atoms with Gasteiger partial charge in [-0.1, -0.05) is 30.3 Å². The summed E-state index contributed by atoms with van der Waals surface area (Å²) >= 11 is 0. The third-order valence-corrected chi connectivity index (χ3v) is 4.23. The summed E-state index contributed by atoms with van der Waals surface area (Å²) < 4.78 is 0. The Morgan fingerprint density at radius 1 is 1.22 bits per heavy atom. The number of fused-ring (bicyclic) bond motifs is 2. The zero-order valence-corrected chi connectivity index (χ0v) is 10.7. The smallest absolute Gasteiger partial charge is 0.220 e. The second-order valence-electron chi connectivity index (χ2n) is 5.59. The summed E-state index contributed by atoms with van der Waals surface area (Å²) in [5.74, 6) is 0.211. The first kappa shape index (κ1) is 11.7. The summed E-state index contributed by atoms with van der Waals surface area (Å²) in [6.45, 7) is 3.36. The predicted molar refractivity (Wildman–Crippen MR) is 71.3 cm³/mol. The molecule has 2 aliphatic rings. The summed E-state index contributed by atoms with van der Waals surface area (Å²) in [4.78, 5) is 14.5. The zero-order chi connectivity index (χ0) is 12.4. The molecule has 1 aromatic rings. The molecule has 1 aromatic carbocycles. The van der Waals surface area contributed by atoms with Gasteiger partial charge in [0, 0.05) is 26.1 Å². The number of piperidine rings is 1. The lowest BCUT2D eigenvalue weighted by molar-refractivity contribution is -0.122. The van der Waals surface area contributed by atoms with E-state index in [-0.39, 0.29) is 11.4 Å². The van der Waals surface area contributed by atoms with Crippen molar-refractivity contribution in [3.05, 3.63) is 35.9 Å². The molecule has 2 fully saturated rings. The van der Waals surface area contributed by atoms with Crippen molar-refractivity contribution in [2.75, 3.05) is 19.6 Å². The minimum absolute atomic E-state index is 0.105. The molecule has 0 aromatic heterocycles. The molecule has 2 saturated heterocycles. The van der Waals surface area contributed by atoms with Gasteiger partial charge in [-0.25, -0.2) is 0 Å². The first-order chi connectivity index (χ1) is 8.76. The fraction of sp³-hybridized carbons (Fsp3) is 0.533. The van der Waals surface area contributed by atoms with Crippen LogP contribution in [0.2, 0.25) is 0 Å². The quantitative estimate of drug-likeness (QED) is 0.872. The molecule has 0 spiro atoms. The highest BCUT2D eigenvalue weighted by Gasteiger charge is 2.44. The summed E-state index contributed by atoms with van der Waals surface area (Å²) in [6.07, 6.45) is 3.70. The molecule has 3 heteroatoms. The van der Waals surface area contributed by atoms with Crippen LogP contribution in [0.15, 0.2) is 30.3 Å². The number of nitrogens with one attached hydrogen (secondary N) is 1. The van der Waals surface area contributed by atoms with Gasteiger partial charge in [0.2, 0.25) is 5.91 Å². The molecule has 18 heavy (non-hydrogen) atoms. The molecule has 2 bridgehead atoms. The van der Waals surface area contributed by atoms with Crippen LogP contribution in [0.3, 0.4) is 0 Å². The van der Waals surface area contributed by atoms with Gasteiger partial charge in [0.1, 0.15) is 0 Å². The lowest BCUT2D eigenvalue weighted by atomic mass is 9.95. The van der Waals surface area contributed by atoms with E-state index in [2.05, 4.69) is 22.3 Å². The molecule has 2 aliphatic heterocycles. The van der Waals surface area contributed by atoms with Gasteiger partial charge in [0.05, 0.1) is 5.54 Å². The van der Waals surface area contributed by atoms with Gasteiger partial charge in [-0.3, -0.25) is 4.79 Å². The minimum Gasteiger partial charge on any atom is -0.349 e. The normalized spacial score (nSPS) is 29.4. The maximum absolute atomic E-state index is 12.0. The molecule has 0 aliphatic carbocycles. The molecule has 96 valence electrons. The molecular weight excluding hydrogens is 224 g/mol. The Hall–Kier alpha value is -1.35. The SMILES string of the molecule is O=C(CCc1ccccc1)NC12CCN(CC1)C2. The number of hydrogen-bond donors (Lipinski definition) is 1. The lowest BCUT2D eigenvalue weighted by Gasteiger charge is -2.26. The summed E-state index contributed by atoms with van der Waals surface area (Å²) in [5.41, 5.74) is 1.35. The summed E-state index contributed by atoms with van der Waals surface area (Å²) in [7, 11) is 0. The second kappa shape index (κ2) is 4.73. The first-order valence-corrected chi connectivity index (χ1v) is 6.83. The van der Waals surface area contributed by atoms with Crippen molar-refractivity contribution in [2.45, 2.75) is 31.2 Å². The van der Waals surface area contributed by atoms with Crippen LogP contribution in [-0.2, 0) is 11.2 Å². The topological polar surface area (TPSA) is 32.3 Å². The standard InChI is InChI=1S/C15H20N2O/c18-14(7-6-13-4-2-1-3-5-13)16-15-8-10-17(12-15)11-9-15/h1-5H,6-12H2,(H,16,18). The van der Waals surface area contributed by atoms with E-state index in [0.717, 1.165) is 38.9 Å². The fourth-order valence-electron chi connectivity index (χ4n) is 3.15. The first-order valence-electron chi connectivity index (χ1n) is 6.83.